The molecule has 7 nitrogen and oxygen atoms in total. The van der Waals surface area contributed by atoms with Gasteiger partial charge >= 0.3 is 0 Å². The number of rotatable bonds is 7. The maximum atomic E-state index is 12.7. The van der Waals surface area contributed by atoms with Gasteiger partial charge in [-0.05, 0) is 11.6 Å². The molecular formula is C21H29N5O2. The van der Waals surface area contributed by atoms with Crippen LogP contribution >= 0.6 is 0 Å². The van der Waals surface area contributed by atoms with Gasteiger partial charge in [0.2, 0.25) is 11.9 Å². The van der Waals surface area contributed by atoms with Crippen LogP contribution in [-0.2, 0) is 22.6 Å². The summed E-state index contributed by atoms with van der Waals surface area (Å²) in [5.41, 5.74) is 2.11. The smallest absolute Gasteiger partial charge is 0.225 e. The number of hydrogen-bond donors (Lipinski definition) is 0. The molecule has 0 unspecified atom stereocenters. The molecule has 1 fully saturated rings. The van der Waals surface area contributed by atoms with Gasteiger partial charge < -0.3 is 14.5 Å². The number of hydrogen-bond acceptors (Lipinski definition) is 6. The Morgan fingerprint density at radius 2 is 2.00 bits per heavy atom. The maximum Gasteiger partial charge on any atom is 0.225 e. The van der Waals surface area contributed by atoms with Gasteiger partial charge in [-0.25, -0.2) is 9.97 Å². The van der Waals surface area contributed by atoms with Crippen LogP contribution in [0.25, 0.3) is 0 Å². The molecule has 1 saturated heterocycles. The molecule has 0 radical (unpaired) electrons. The van der Waals surface area contributed by atoms with Crippen molar-refractivity contribution in [2.75, 3.05) is 45.7 Å². The van der Waals surface area contributed by atoms with E-state index in [4.69, 9.17) is 4.74 Å². The molecule has 2 aromatic rings. The maximum absolute atomic E-state index is 12.7. The van der Waals surface area contributed by atoms with E-state index in [2.05, 4.69) is 39.1 Å². The number of benzene rings is 1. The highest BCUT2D eigenvalue weighted by molar-refractivity contribution is 5.76. The van der Waals surface area contributed by atoms with Crippen molar-refractivity contribution in [2.45, 2.75) is 25.6 Å². The average Bonchev–Trinajstić information content (AvgIpc) is 2.69. The molecule has 0 spiro atoms. The van der Waals surface area contributed by atoms with E-state index in [-0.39, 0.29) is 12.0 Å². The molecule has 7 heteroatoms. The van der Waals surface area contributed by atoms with Gasteiger partial charge in [0.1, 0.15) is 0 Å². The summed E-state index contributed by atoms with van der Waals surface area (Å²) in [4.78, 5) is 27.3. The topological polar surface area (TPSA) is 61.8 Å². The van der Waals surface area contributed by atoms with Gasteiger partial charge in [0.05, 0.1) is 31.4 Å². The Labute approximate surface area is 166 Å². The van der Waals surface area contributed by atoms with Crippen molar-refractivity contribution >= 4 is 11.9 Å². The summed E-state index contributed by atoms with van der Waals surface area (Å²) in [6.07, 6.45) is 2.03. The molecule has 1 atom stereocenters. The van der Waals surface area contributed by atoms with Gasteiger partial charge in [-0.3, -0.25) is 9.69 Å². The lowest BCUT2D eigenvalue weighted by atomic mass is 10.1. The predicted molar refractivity (Wildman–Crippen MR) is 109 cm³/mol. The lowest BCUT2D eigenvalue weighted by Gasteiger charge is -2.33. The first kappa shape index (κ1) is 20.2. The second kappa shape index (κ2) is 9.61. The standard InChI is InChI=1S/C21H29N5O2/c1-24(2)21-22-10-9-18(23-21)15-25(3)20(27)13-19-16-26(11-12-28-19)14-17-7-5-4-6-8-17/h4-10,19H,11-16H2,1-3H3/t19-/m1/s1. The van der Waals surface area contributed by atoms with Crippen LogP contribution in [0.5, 0.6) is 0 Å². The third kappa shape index (κ3) is 5.74. The van der Waals surface area contributed by atoms with Crippen molar-refractivity contribution < 1.29 is 9.53 Å². The van der Waals surface area contributed by atoms with Gasteiger partial charge in [-0.1, -0.05) is 30.3 Å². The summed E-state index contributed by atoms with van der Waals surface area (Å²) in [6.45, 7) is 3.67. The van der Waals surface area contributed by atoms with E-state index in [0.717, 1.165) is 25.3 Å². The minimum atomic E-state index is -0.0739. The number of morpholine rings is 1. The Morgan fingerprint density at radius 3 is 2.75 bits per heavy atom. The normalized spacial score (nSPS) is 17.3. The number of anilines is 1. The van der Waals surface area contributed by atoms with Crippen LogP contribution in [-0.4, -0.2) is 72.6 Å². The van der Waals surface area contributed by atoms with Crippen molar-refractivity contribution in [1.82, 2.24) is 19.8 Å². The Kier molecular flexibility index (Phi) is 6.95. The van der Waals surface area contributed by atoms with E-state index in [0.29, 0.717) is 25.5 Å². The van der Waals surface area contributed by atoms with E-state index in [1.807, 2.05) is 38.2 Å². The summed E-state index contributed by atoms with van der Waals surface area (Å²) < 4.78 is 5.85. The lowest BCUT2D eigenvalue weighted by molar-refractivity contribution is -0.135. The third-order valence-corrected chi connectivity index (χ3v) is 4.80. The molecular weight excluding hydrogens is 354 g/mol. The number of nitrogens with zero attached hydrogens (tertiary/aromatic N) is 5. The largest absolute Gasteiger partial charge is 0.375 e. The molecule has 1 amide bonds. The molecule has 0 bridgehead atoms. The Balaban J connectivity index is 1.51. The van der Waals surface area contributed by atoms with Gasteiger partial charge in [0, 0.05) is 47.0 Å². The van der Waals surface area contributed by atoms with Crippen molar-refractivity contribution in [3.63, 3.8) is 0 Å². The van der Waals surface area contributed by atoms with E-state index >= 15 is 0 Å². The summed E-state index contributed by atoms with van der Waals surface area (Å²) in [5.74, 6) is 0.710. The minimum absolute atomic E-state index is 0.0663. The zero-order chi connectivity index (χ0) is 19.9. The Morgan fingerprint density at radius 1 is 1.21 bits per heavy atom. The molecule has 28 heavy (non-hydrogen) atoms. The van der Waals surface area contributed by atoms with Crippen molar-refractivity contribution in [3.8, 4) is 0 Å². The zero-order valence-corrected chi connectivity index (χ0v) is 16.9. The number of amides is 1. The molecule has 0 saturated carbocycles. The molecule has 2 heterocycles. The lowest BCUT2D eigenvalue weighted by Crippen LogP contribution is -2.44. The van der Waals surface area contributed by atoms with Gasteiger partial charge in [0.15, 0.2) is 0 Å². The first-order valence-electron chi connectivity index (χ1n) is 9.62. The first-order chi connectivity index (χ1) is 13.5. The molecule has 0 aliphatic carbocycles. The van der Waals surface area contributed by atoms with Crippen LogP contribution in [0.1, 0.15) is 17.7 Å². The molecule has 1 aliphatic rings. The van der Waals surface area contributed by atoms with E-state index < -0.39 is 0 Å². The quantitative estimate of drug-likeness (QED) is 0.727. The first-order valence-corrected chi connectivity index (χ1v) is 9.62. The molecule has 1 aromatic heterocycles. The molecule has 1 aromatic carbocycles. The Hall–Kier alpha value is -2.51. The number of aromatic nitrogens is 2. The summed E-state index contributed by atoms with van der Waals surface area (Å²) in [6, 6.07) is 12.2. The molecule has 0 N–H and O–H groups in total. The number of carbonyl (C=O) groups excluding carboxylic acids is 1. The third-order valence-electron chi connectivity index (χ3n) is 4.80. The van der Waals surface area contributed by atoms with Crippen LogP contribution in [0.2, 0.25) is 0 Å². The number of ether oxygens (including phenoxy) is 1. The molecule has 3 rings (SSSR count). The fourth-order valence-electron chi connectivity index (χ4n) is 3.26. The average molecular weight is 383 g/mol. The summed E-state index contributed by atoms with van der Waals surface area (Å²) in [7, 11) is 5.61. The fourth-order valence-corrected chi connectivity index (χ4v) is 3.26. The highest BCUT2D eigenvalue weighted by Gasteiger charge is 2.24. The summed E-state index contributed by atoms with van der Waals surface area (Å²) >= 11 is 0. The second-order valence-corrected chi connectivity index (χ2v) is 7.41. The Bertz CT molecular complexity index is 768. The van der Waals surface area contributed by atoms with Gasteiger partial charge in [-0.15, -0.1) is 0 Å². The highest BCUT2D eigenvalue weighted by Crippen LogP contribution is 2.14. The van der Waals surface area contributed by atoms with Gasteiger partial charge in [0.25, 0.3) is 0 Å². The van der Waals surface area contributed by atoms with Crippen molar-refractivity contribution in [2.24, 2.45) is 0 Å². The second-order valence-electron chi connectivity index (χ2n) is 7.41. The highest BCUT2D eigenvalue weighted by atomic mass is 16.5. The van der Waals surface area contributed by atoms with Crippen LogP contribution in [0.4, 0.5) is 5.95 Å². The fraction of sp³-hybridized carbons (Fsp3) is 0.476. The zero-order valence-electron chi connectivity index (χ0n) is 16.9. The molecule has 1 aliphatic heterocycles. The van der Waals surface area contributed by atoms with E-state index in [1.54, 1.807) is 11.1 Å². The van der Waals surface area contributed by atoms with Crippen LogP contribution in [0, 0.1) is 0 Å². The van der Waals surface area contributed by atoms with Crippen LogP contribution in [0.15, 0.2) is 42.6 Å². The summed E-state index contributed by atoms with van der Waals surface area (Å²) in [5, 5.41) is 0. The minimum Gasteiger partial charge on any atom is -0.375 e. The van der Waals surface area contributed by atoms with Crippen molar-refractivity contribution in [3.05, 3.63) is 53.9 Å². The van der Waals surface area contributed by atoms with E-state index in [9.17, 15) is 4.79 Å². The predicted octanol–water partition coefficient (Wildman–Crippen LogP) is 1.79. The van der Waals surface area contributed by atoms with Gasteiger partial charge in [-0.2, -0.15) is 0 Å². The number of carbonyl (C=O) groups is 1. The molecule has 150 valence electrons. The van der Waals surface area contributed by atoms with Crippen LogP contribution < -0.4 is 4.90 Å². The van der Waals surface area contributed by atoms with Crippen LogP contribution in [0.3, 0.4) is 0 Å². The SMILES string of the molecule is CN(Cc1ccnc(N(C)C)n1)C(=O)C[C@@H]1CN(Cc2ccccc2)CCO1. The monoisotopic (exact) mass is 383 g/mol. The van der Waals surface area contributed by atoms with Crippen molar-refractivity contribution in [1.29, 1.82) is 0 Å². The van der Waals surface area contributed by atoms with E-state index in [1.165, 1.54) is 5.56 Å².